The number of benzene rings is 4. The molecule has 0 fully saturated rings. The lowest BCUT2D eigenvalue weighted by Gasteiger charge is -2.20. The summed E-state index contributed by atoms with van der Waals surface area (Å²) in [6, 6.07) is 29.8. The van der Waals surface area contributed by atoms with E-state index in [4.69, 9.17) is 9.15 Å². The number of carbonyl (C=O) groups is 3. The molecule has 294 valence electrons. The summed E-state index contributed by atoms with van der Waals surface area (Å²) < 4.78 is 64.1. The van der Waals surface area contributed by atoms with Crippen LogP contribution in [0.3, 0.4) is 0 Å². The first-order valence-corrected chi connectivity index (χ1v) is 21.1. The summed E-state index contributed by atoms with van der Waals surface area (Å²) >= 11 is 0. The first kappa shape index (κ1) is 39.2. The number of nitrogens with one attached hydrogen (secondary N) is 2. The van der Waals surface area contributed by atoms with Crippen molar-refractivity contribution in [2.75, 3.05) is 37.9 Å². The van der Waals surface area contributed by atoms with Gasteiger partial charge in [0, 0.05) is 37.8 Å². The van der Waals surface area contributed by atoms with Crippen molar-refractivity contribution in [2.24, 2.45) is 0 Å². The second kappa shape index (κ2) is 15.8. The Morgan fingerprint density at radius 2 is 1.39 bits per heavy atom. The van der Waals surface area contributed by atoms with E-state index < -0.39 is 31.9 Å². The molecule has 0 bridgehead atoms. The van der Waals surface area contributed by atoms with Gasteiger partial charge >= 0.3 is 0 Å². The summed E-state index contributed by atoms with van der Waals surface area (Å²) in [5.41, 5.74) is 5.25. The summed E-state index contributed by atoms with van der Waals surface area (Å²) in [6.07, 6.45) is 4.15. The van der Waals surface area contributed by atoms with Gasteiger partial charge in [-0.2, -0.15) is 0 Å². The van der Waals surface area contributed by atoms with Crippen molar-refractivity contribution in [3.63, 3.8) is 0 Å². The molecule has 1 aliphatic carbocycles. The van der Waals surface area contributed by atoms with Gasteiger partial charge in [0.25, 0.3) is 31.9 Å². The van der Waals surface area contributed by atoms with E-state index >= 15 is 0 Å². The average Bonchev–Trinajstić information content (AvgIpc) is 3.77. The molecule has 0 saturated heterocycles. The van der Waals surface area contributed by atoms with E-state index in [9.17, 15) is 31.2 Å². The number of ketones is 1. The van der Waals surface area contributed by atoms with Gasteiger partial charge in [0.15, 0.2) is 11.5 Å². The van der Waals surface area contributed by atoms with E-state index in [1.54, 1.807) is 78.9 Å². The highest BCUT2D eigenvalue weighted by Gasteiger charge is 2.45. The lowest BCUT2D eigenvalue weighted by molar-refractivity contribution is -0.122. The van der Waals surface area contributed by atoms with Crippen LogP contribution in [0.2, 0.25) is 0 Å². The maximum absolute atomic E-state index is 13.3. The third kappa shape index (κ3) is 7.48. The molecule has 0 radical (unpaired) electrons. The van der Waals surface area contributed by atoms with Crippen molar-refractivity contribution in [3.05, 3.63) is 143 Å². The lowest BCUT2D eigenvalue weighted by atomic mass is 9.90. The molecule has 57 heavy (non-hydrogen) atoms. The Morgan fingerprint density at radius 3 is 2.04 bits per heavy atom. The van der Waals surface area contributed by atoms with Crippen molar-refractivity contribution in [1.82, 2.24) is 8.61 Å². The maximum Gasteiger partial charge on any atom is 0.285 e. The number of methoxy groups -OCH3 is 1. The Balaban J connectivity index is 0.000000174. The van der Waals surface area contributed by atoms with Gasteiger partial charge in [0.2, 0.25) is 0 Å². The highest BCUT2D eigenvalue weighted by atomic mass is 32.2. The molecule has 3 aliphatic rings. The number of furan rings is 1. The smallest absolute Gasteiger partial charge is 0.285 e. The molecule has 8 rings (SSSR count). The molecule has 0 unspecified atom stereocenters. The molecule has 0 spiro atoms. The van der Waals surface area contributed by atoms with Crippen LogP contribution in [0.25, 0.3) is 20.8 Å². The predicted octanol–water partition coefficient (Wildman–Crippen LogP) is 6.38. The van der Waals surface area contributed by atoms with E-state index in [2.05, 4.69) is 16.7 Å². The molecule has 1 aromatic heterocycles. The quantitative estimate of drug-likeness (QED) is 0.150. The van der Waals surface area contributed by atoms with Crippen molar-refractivity contribution in [1.29, 1.82) is 0 Å². The van der Waals surface area contributed by atoms with Crippen LogP contribution in [0.1, 0.15) is 52.6 Å². The van der Waals surface area contributed by atoms with Crippen molar-refractivity contribution in [2.45, 2.75) is 32.6 Å². The number of likely N-dealkylation sites (N-methyl/N-ethyl adjacent to an activating group) is 1. The Bertz CT molecular complexity index is 2690. The minimum absolute atomic E-state index is 0.0209. The number of nitrogens with zero attached hydrogens (tertiary/aromatic N) is 2. The largest absolute Gasteiger partial charge is 0.453 e. The highest BCUT2D eigenvalue weighted by Crippen LogP contribution is 2.38. The average molecular weight is 809 g/mol. The van der Waals surface area contributed by atoms with E-state index in [-0.39, 0.29) is 45.9 Å². The molecule has 0 saturated carbocycles. The Kier molecular flexibility index (Phi) is 10.9. The van der Waals surface area contributed by atoms with Gasteiger partial charge < -0.3 is 19.8 Å². The van der Waals surface area contributed by atoms with Gasteiger partial charge in [0.1, 0.15) is 26.8 Å². The summed E-state index contributed by atoms with van der Waals surface area (Å²) in [5.74, 6) is -1.15. The summed E-state index contributed by atoms with van der Waals surface area (Å²) in [6.45, 7) is 1.53. The van der Waals surface area contributed by atoms with E-state index in [1.165, 1.54) is 32.2 Å². The minimum atomic E-state index is -3.97. The number of anilines is 2. The SMILES string of the molecule is CC(=O)c1cc2cc(NC3=C(c4ccccc4)S(=O)(=O)N(C)C3=O)ccc2o1.COCCN1C(=O)C(Nc2cccc3c2CCCC3)=C(c2ccccc2)S1(=O)=O. The summed E-state index contributed by atoms with van der Waals surface area (Å²) in [5, 5.41) is 6.80. The third-order valence-corrected chi connectivity index (χ3v) is 13.6. The van der Waals surface area contributed by atoms with Crippen molar-refractivity contribution in [3.8, 4) is 0 Å². The first-order valence-electron chi connectivity index (χ1n) is 18.2. The molecule has 3 heterocycles. The third-order valence-electron chi connectivity index (χ3n) is 9.92. The number of carbonyl (C=O) groups excluding carboxylic acids is 3. The van der Waals surface area contributed by atoms with Gasteiger partial charge in [-0.15, -0.1) is 0 Å². The van der Waals surface area contributed by atoms with Gasteiger partial charge in [-0.3, -0.25) is 14.4 Å². The number of hydrogen-bond donors (Lipinski definition) is 2. The van der Waals surface area contributed by atoms with E-state index in [0.717, 1.165) is 40.0 Å². The summed E-state index contributed by atoms with van der Waals surface area (Å²) in [7, 11) is -5.21. The number of Topliss-reactive ketones (excluding diaryl/α,β-unsaturated/α-hetero) is 1. The molecule has 4 aromatic carbocycles. The molecule has 13 nitrogen and oxygen atoms in total. The predicted molar refractivity (Wildman–Crippen MR) is 217 cm³/mol. The van der Waals surface area contributed by atoms with Crippen LogP contribution in [0.15, 0.2) is 119 Å². The monoisotopic (exact) mass is 808 g/mol. The number of hydrogen-bond acceptors (Lipinski definition) is 11. The molecule has 0 atom stereocenters. The first-order chi connectivity index (χ1) is 27.3. The van der Waals surface area contributed by atoms with Crippen molar-refractivity contribution >= 4 is 69.8 Å². The van der Waals surface area contributed by atoms with Gasteiger partial charge in [-0.05, 0) is 78.3 Å². The van der Waals surface area contributed by atoms with Crippen LogP contribution in [0, 0.1) is 0 Å². The van der Waals surface area contributed by atoms with Crippen LogP contribution >= 0.6 is 0 Å². The molecule has 2 N–H and O–H groups in total. The van der Waals surface area contributed by atoms with Crippen LogP contribution in [0.4, 0.5) is 11.4 Å². The second-order valence-corrected chi connectivity index (χ2v) is 17.3. The Morgan fingerprint density at radius 1 is 0.754 bits per heavy atom. The van der Waals surface area contributed by atoms with E-state index in [1.807, 2.05) is 18.2 Å². The van der Waals surface area contributed by atoms with E-state index in [0.29, 0.717) is 27.8 Å². The highest BCUT2D eigenvalue weighted by molar-refractivity contribution is 8.00. The fourth-order valence-electron chi connectivity index (χ4n) is 7.05. The number of amides is 2. The zero-order chi connectivity index (χ0) is 40.5. The zero-order valence-corrected chi connectivity index (χ0v) is 33.1. The van der Waals surface area contributed by atoms with Gasteiger partial charge in [0.05, 0.1) is 13.2 Å². The van der Waals surface area contributed by atoms with Gasteiger partial charge in [-0.1, -0.05) is 72.8 Å². The number of sulfonamides is 2. The topological polar surface area (TPSA) is 172 Å². The normalized spacial score (nSPS) is 17.1. The molecular weight excluding hydrogens is 769 g/mol. The standard InChI is InChI=1S/C22H24N2O4S.C20H16N2O5S/c1-28-15-14-24-22(25)20(21(29(24,26)27)17-9-3-2-4-10-17)23-19-13-7-11-16-8-5-6-12-18(16)19;1-12(23)17-11-14-10-15(8-9-16(14)27-17)21-18-19(13-6-4-3-5-7-13)28(25,26)22(2)20(18)24/h2-4,7,9-11,13,23H,5-6,8,12,14-15H2,1H3;3-11,21H,1-2H3. The Hall–Kier alpha value is -6.03. The van der Waals surface area contributed by atoms with Crippen LogP contribution in [-0.2, 0) is 47.2 Å². The number of aryl methyl sites for hydroxylation is 1. The molecule has 2 aliphatic heterocycles. The fourth-order valence-corrected chi connectivity index (χ4v) is 10.1. The maximum atomic E-state index is 13.3. The van der Waals surface area contributed by atoms with Crippen LogP contribution in [0.5, 0.6) is 0 Å². The second-order valence-electron chi connectivity index (χ2n) is 13.6. The Labute approximate surface area is 330 Å². The fraction of sp³-hybridized carbons (Fsp3) is 0.214. The number of ether oxygens (including phenoxy) is 1. The van der Waals surface area contributed by atoms with Crippen LogP contribution in [-0.4, -0.2) is 70.4 Å². The number of fused-ring (bicyclic) bond motifs is 2. The minimum Gasteiger partial charge on any atom is -0.453 e. The number of rotatable bonds is 10. The zero-order valence-electron chi connectivity index (χ0n) is 31.4. The lowest BCUT2D eigenvalue weighted by Crippen LogP contribution is -2.35. The van der Waals surface area contributed by atoms with Crippen molar-refractivity contribution < 1.29 is 40.4 Å². The van der Waals surface area contributed by atoms with Crippen LogP contribution < -0.4 is 10.6 Å². The molecule has 2 amide bonds. The molecule has 15 heteroatoms. The van der Waals surface area contributed by atoms with Gasteiger partial charge in [-0.25, -0.2) is 25.4 Å². The molecular formula is C42H40N4O9S2. The molecule has 5 aromatic rings. The summed E-state index contributed by atoms with van der Waals surface area (Å²) in [4.78, 5) is 37.2.